The fourth-order valence-electron chi connectivity index (χ4n) is 2.79. The number of hydrogen-bond donors (Lipinski definition) is 1. The van der Waals surface area contributed by atoms with Gasteiger partial charge in [0, 0.05) is 26.6 Å². The van der Waals surface area contributed by atoms with Crippen LogP contribution < -0.4 is 10.2 Å². The summed E-state index contributed by atoms with van der Waals surface area (Å²) in [5.74, 6) is 2.18. The maximum atomic E-state index is 5.35. The van der Waals surface area contributed by atoms with Crippen LogP contribution in [0.2, 0.25) is 0 Å². The lowest BCUT2D eigenvalue weighted by molar-refractivity contribution is 0.308. The second-order valence-electron chi connectivity index (χ2n) is 5.69. The van der Waals surface area contributed by atoms with Crippen molar-refractivity contribution in [3.8, 4) is 0 Å². The molecule has 1 aromatic rings. The van der Waals surface area contributed by atoms with E-state index in [9.17, 15) is 0 Å². The number of aromatic nitrogens is 2. The Kier molecular flexibility index (Phi) is 5.19. The fourth-order valence-corrected chi connectivity index (χ4v) is 2.79. The molecule has 108 valence electrons. The van der Waals surface area contributed by atoms with E-state index < -0.39 is 0 Å². The molecular weight excluding hydrogens is 240 g/mol. The van der Waals surface area contributed by atoms with Crippen LogP contribution >= 0.6 is 0 Å². The molecule has 1 saturated carbocycles. The van der Waals surface area contributed by atoms with Crippen molar-refractivity contribution >= 4 is 5.95 Å². The van der Waals surface area contributed by atoms with Crippen molar-refractivity contribution in [2.24, 2.45) is 5.92 Å². The van der Waals surface area contributed by atoms with Crippen molar-refractivity contribution in [2.45, 2.75) is 51.5 Å². The molecule has 1 aliphatic carbocycles. The van der Waals surface area contributed by atoms with Crippen molar-refractivity contribution in [1.29, 1.82) is 0 Å². The summed E-state index contributed by atoms with van der Waals surface area (Å²) in [7, 11) is 3.86. The van der Waals surface area contributed by atoms with E-state index in [1.165, 1.54) is 25.7 Å². The first kappa shape index (κ1) is 14.3. The van der Waals surface area contributed by atoms with Gasteiger partial charge in [0.2, 0.25) is 5.89 Å². The van der Waals surface area contributed by atoms with Gasteiger partial charge in [-0.2, -0.15) is 4.98 Å². The van der Waals surface area contributed by atoms with E-state index in [0.29, 0.717) is 12.0 Å². The Morgan fingerprint density at radius 3 is 2.68 bits per heavy atom. The predicted molar refractivity (Wildman–Crippen MR) is 76.4 cm³/mol. The molecular formula is C14H26N4O. The van der Waals surface area contributed by atoms with Gasteiger partial charge in [-0.25, -0.2) is 0 Å². The third kappa shape index (κ3) is 3.93. The van der Waals surface area contributed by atoms with Crippen molar-refractivity contribution in [2.75, 3.05) is 25.5 Å². The topological polar surface area (TPSA) is 54.2 Å². The Morgan fingerprint density at radius 2 is 2.11 bits per heavy atom. The van der Waals surface area contributed by atoms with Crippen LogP contribution in [0.1, 0.15) is 44.9 Å². The lowest BCUT2D eigenvalue weighted by Gasteiger charge is -2.23. The van der Waals surface area contributed by atoms with Crippen molar-refractivity contribution in [3.63, 3.8) is 0 Å². The summed E-state index contributed by atoms with van der Waals surface area (Å²) in [5.41, 5.74) is 0. The predicted octanol–water partition coefficient (Wildman–Crippen LogP) is 2.24. The van der Waals surface area contributed by atoms with Gasteiger partial charge < -0.3 is 14.7 Å². The number of rotatable bonds is 7. The molecule has 0 spiro atoms. The van der Waals surface area contributed by atoms with E-state index in [4.69, 9.17) is 4.52 Å². The standard InChI is InChI=1S/C14H26N4O/c1-4-9-15-12(11-7-5-6-8-11)10-13-16-14(17-19-13)18(2)3/h11-12,15H,4-10H2,1-3H3. The Bertz CT molecular complexity index is 371. The zero-order valence-corrected chi connectivity index (χ0v) is 12.4. The minimum atomic E-state index is 0.484. The van der Waals surface area contributed by atoms with Crippen LogP contribution in [0.4, 0.5) is 5.95 Å². The molecule has 0 radical (unpaired) electrons. The summed E-state index contributed by atoms with van der Waals surface area (Å²) in [6, 6.07) is 0.484. The second-order valence-corrected chi connectivity index (χ2v) is 5.69. The van der Waals surface area contributed by atoms with Gasteiger partial charge in [-0.1, -0.05) is 19.8 Å². The molecule has 0 saturated heterocycles. The largest absolute Gasteiger partial charge is 0.344 e. The van der Waals surface area contributed by atoms with E-state index in [-0.39, 0.29) is 0 Å². The smallest absolute Gasteiger partial charge is 0.265 e. The minimum absolute atomic E-state index is 0.484. The van der Waals surface area contributed by atoms with Gasteiger partial charge >= 0.3 is 0 Å². The molecule has 5 heteroatoms. The zero-order chi connectivity index (χ0) is 13.7. The molecule has 0 aromatic carbocycles. The molecule has 1 aliphatic rings. The molecule has 1 N–H and O–H groups in total. The van der Waals surface area contributed by atoms with E-state index in [2.05, 4.69) is 22.4 Å². The summed E-state index contributed by atoms with van der Waals surface area (Å²) in [6.07, 6.45) is 7.40. The maximum absolute atomic E-state index is 5.35. The van der Waals surface area contributed by atoms with Crippen LogP contribution in [-0.4, -0.2) is 36.8 Å². The molecule has 0 bridgehead atoms. The highest BCUT2D eigenvalue weighted by Crippen LogP contribution is 2.29. The van der Waals surface area contributed by atoms with Crippen molar-refractivity contribution in [3.05, 3.63) is 5.89 Å². The highest BCUT2D eigenvalue weighted by molar-refractivity contribution is 5.23. The normalized spacial score (nSPS) is 17.8. The van der Waals surface area contributed by atoms with E-state index in [1.807, 2.05) is 19.0 Å². The van der Waals surface area contributed by atoms with E-state index in [0.717, 1.165) is 31.2 Å². The van der Waals surface area contributed by atoms with Gasteiger partial charge in [0.05, 0.1) is 0 Å². The number of nitrogens with one attached hydrogen (secondary N) is 1. The monoisotopic (exact) mass is 266 g/mol. The summed E-state index contributed by atoms with van der Waals surface area (Å²) in [4.78, 5) is 6.31. The number of nitrogens with zero attached hydrogens (tertiary/aromatic N) is 3. The van der Waals surface area contributed by atoms with Crippen molar-refractivity contribution < 1.29 is 4.52 Å². The van der Waals surface area contributed by atoms with Crippen LogP contribution in [0.15, 0.2) is 4.52 Å². The highest BCUT2D eigenvalue weighted by Gasteiger charge is 2.26. The molecule has 1 atom stereocenters. The van der Waals surface area contributed by atoms with Crippen LogP contribution in [0, 0.1) is 5.92 Å². The highest BCUT2D eigenvalue weighted by atomic mass is 16.5. The summed E-state index contributed by atoms with van der Waals surface area (Å²) in [6.45, 7) is 3.27. The van der Waals surface area contributed by atoms with Gasteiger partial charge in [-0.3, -0.25) is 0 Å². The first-order valence-electron chi connectivity index (χ1n) is 7.44. The zero-order valence-electron chi connectivity index (χ0n) is 12.4. The SMILES string of the molecule is CCCNC(Cc1nc(N(C)C)no1)C1CCCC1. The van der Waals surface area contributed by atoms with Gasteiger partial charge in [0.25, 0.3) is 5.95 Å². The van der Waals surface area contributed by atoms with E-state index in [1.54, 1.807) is 0 Å². The quantitative estimate of drug-likeness (QED) is 0.820. The van der Waals surface area contributed by atoms with Gasteiger partial charge in [0.1, 0.15) is 0 Å². The lowest BCUT2D eigenvalue weighted by Crippen LogP contribution is -2.37. The summed E-state index contributed by atoms with van der Waals surface area (Å²) < 4.78 is 5.35. The molecule has 1 aromatic heterocycles. The molecule has 1 unspecified atom stereocenters. The van der Waals surface area contributed by atoms with Crippen LogP contribution in [0.5, 0.6) is 0 Å². The van der Waals surface area contributed by atoms with Gasteiger partial charge in [0.15, 0.2) is 0 Å². The Hall–Kier alpha value is -1.10. The van der Waals surface area contributed by atoms with Crippen LogP contribution in [0.25, 0.3) is 0 Å². The molecule has 1 fully saturated rings. The fraction of sp³-hybridized carbons (Fsp3) is 0.857. The first-order valence-corrected chi connectivity index (χ1v) is 7.44. The van der Waals surface area contributed by atoms with Gasteiger partial charge in [-0.05, 0) is 36.9 Å². The molecule has 2 rings (SSSR count). The first-order chi connectivity index (χ1) is 9.20. The molecule has 19 heavy (non-hydrogen) atoms. The summed E-state index contributed by atoms with van der Waals surface area (Å²) >= 11 is 0. The van der Waals surface area contributed by atoms with Gasteiger partial charge in [-0.15, -0.1) is 0 Å². The average molecular weight is 266 g/mol. The van der Waals surface area contributed by atoms with E-state index >= 15 is 0 Å². The Balaban J connectivity index is 1.97. The average Bonchev–Trinajstić information content (AvgIpc) is 3.05. The molecule has 5 nitrogen and oxygen atoms in total. The third-order valence-electron chi connectivity index (χ3n) is 3.88. The van der Waals surface area contributed by atoms with Crippen molar-refractivity contribution in [1.82, 2.24) is 15.5 Å². The summed E-state index contributed by atoms with van der Waals surface area (Å²) in [5, 5.41) is 7.64. The Morgan fingerprint density at radius 1 is 1.37 bits per heavy atom. The number of anilines is 1. The molecule has 0 amide bonds. The second kappa shape index (κ2) is 6.89. The maximum Gasteiger partial charge on any atom is 0.265 e. The molecule has 0 aliphatic heterocycles. The van der Waals surface area contributed by atoms with Crippen LogP contribution in [-0.2, 0) is 6.42 Å². The lowest BCUT2D eigenvalue weighted by atomic mass is 9.95. The molecule has 1 heterocycles. The Labute approximate surface area is 115 Å². The minimum Gasteiger partial charge on any atom is -0.344 e. The van der Waals surface area contributed by atoms with Crippen LogP contribution in [0.3, 0.4) is 0 Å². The number of hydrogen-bond acceptors (Lipinski definition) is 5. The third-order valence-corrected chi connectivity index (χ3v) is 3.88.